The van der Waals surface area contributed by atoms with Crippen LogP contribution < -0.4 is 5.32 Å². The summed E-state index contributed by atoms with van der Waals surface area (Å²) in [6.07, 6.45) is -15.0. The molecule has 14 nitrogen and oxygen atoms in total. The topological polar surface area (TPSA) is 214 Å². The Morgan fingerprint density at radius 3 is 2.26 bits per heavy atom. The third kappa shape index (κ3) is 7.37. The summed E-state index contributed by atoms with van der Waals surface area (Å²) in [5.41, 5.74) is 0.697. The van der Waals surface area contributed by atoms with Crippen LogP contribution in [0.25, 0.3) is 0 Å². The fraction of sp³-hybridized carbons (Fsp3) is 0.667. The molecule has 0 spiro atoms. The monoisotopic (exact) mass is 545 g/mol. The minimum atomic E-state index is -1.81. The second kappa shape index (κ2) is 13.6. The van der Waals surface area contributed by atoms with E-state index >= 15 is 0 Å². The Kier molecular flexibility index (Phi) is 10.8. The fourth-order valence-corrected chi connectivity index (χ4v) is 3.94. The van der Waals surface area contributed by atoms with Crippen LogP contribution in [0.3, 0.4) is 0 Å². The van der Waals surface area contributed by atoms with Gasteiger partial charge in [-0.25, -0.2) is 4.79 Å². The molecule has 0 radical (unpaired) electrons. The molecule has 10 atom stereocenters. The van der Waals surface area contributed by atoms with Gasteiger partial charge in [-0.3, -0.25) is 4.79 Å². The van der Waals surface area contributed by atoms with Gasteiger partial charge in [0.1, 0.15) is 49.3 Å². The highest BCUT2D eigenvalue weighted by atomic mass is 16.7. The summed E-state index contributed by atoms with van der Waals surface area (Å²) in [4.78, 5) is 24.8. The Morgan fingerprint density at radius 2 is 1.63 bits per heavy atom. The van der Waals surface area contributed by atoms with E-state index in [4.69, 9.17) is 23.7 Å². The van der Waals surface area contributed by atoms with Gasteiger partial charge in [-0.05, 0) is 5.56 Å². The number of carbonyl (C=O) groups is 2. The molecular formula is C24H35NO13. The normalized spacial score (nSPS) is 35.5. The van der Waals surface area contributed by atoms with Gasteiger partial charge in [0.15, 0.2) is 18.7 Å². The van der Waals surface area contributed by atoms with E-state index in [1.165, 1.54) is 0 Å². The van der Waals surface area contributed by atoms with Crippen molar-refractivity contribution in [2.45, 2.75) is 81.8 Å². The number of benzene rings is 1. The Balaban J connectivity index is 1.74. The SMILES string of the molecule is CC(C)C(=O)O[C@H]1[C@H](O)[C@@H](NC(=O)OCc2ccccc2)[C@H](OC[C@H]2O[C@H](O)[C@H](O)[C@@H](O)[C@@H]2O)O[C@@H]1CO. The largest absolute Gasteiger partial charge is 0.456 e. The highest BCUT2D eigenvalue weighted by molar-refractivity contribution is 5.72. The van der Waals surface area contributed by atoms with Crippen molar-refractivity contribution >= 4 is 12.1 Å². The molecule has 2 fully saturated rings. The minimum absolute atomic E-state index is 0.0902. The van der Waals surface area contributed by atoms with Crippen molar-refractivity contribution in [2.75, 3.05) is 13.2 Å². The second-order valence-corrected chi connectivity index (χ2v) is 9.37. The maximum Gasteiger partial charge on any atom is 0.407 e. The van der Waals surface area contributed by atoms with Crippen LogP contribution in [0.15, 0.2) is 30.3 Å². The number of aliphatic hydroxyl groups excluding tert-OH is 6. The lowest BCUT2D eigenvalue weighted by atomic mass is 9.96. The van der Waals surface area contributed by atoms with Crippen LogP contribution in [0.4, 0.5) is 4.79 Å². The molecule has 1 amide bonds. The molecule has 0 bridgehead atoms. The first-order valence-electron chi connectivity index (χ1n) is 12.1. The summed E-state index contributed by atoms with van der Waals surface area (Å²) in [5.74, 6) is -1.24. The van der Waals surface area contributed by atoms with Crippen LogP contribution >= 0.6 is 0 Å². The molecule has 3 rings (SSSR count). The summed E-state index contributed by atoms with van der Waals surface area (Å²) < 4.78 is 26.9. The van der Waals surface area contributed by atoms with Gasteiger partial charge in [-0.15, -0.1) is 0 Å². The number of carbonyl (C=O) groups excluding carboxylic acids is 2. The highest BCUT2D eigenvalue weighted by Gasteiger charge is 2.50. The van der Waals surface area contributed by atoms with Crippen molar-refractivity contribution in [2.24, 2.45) is 5.92 Å². The number of alkyl carbamates (subject to hydrolysis) is 1. The lowest BCUT2D eigenvalue weighted by molar-refractivity contribution is -0.312. The van der Waals surface area contributed by atoms with E-state index in [2.05, 4.69) is 5.32 Å². The van der Waals surface area contributed by atoms with Gasteiger partial charge < -0.3 is 59.6 Å². The van der Waals surface area contributed by atoms with E-state index in [-0.39, 0.29) is 6.61 Å². The van der Waals surface area contributed by atoms with Crippen molar-refractivity contribution in [3.63, 3.8) is 0 Å². The molecule has 2 saturated heterocycles. The van der Waals surface area contributed by atoms with Crippen LogP contribution in [0, 0.1) is 5.92 Å². The summed E-state index contributed by atoms with van der Waals surface area (Å²) in [6, 6.07) is 7.39. The van der Waals surface area contributed by atoms with Gasteiger partial charge in [-0.2, -0.15) is 0 Å². The molecule has 0 unspecified atom stereocenters. The number of hydrogen-bond acceptors (Lipinski definition) is 13. The van der Waals surface area contributed by atoms with Crippen molar-refractivity contribution in [1.29, 1.82) is 0 Å². The van der Waals surface area contributed by atoms with Gasteiger partial charge in [0.2, 0.25) is 0 Å². The van der Waals surface area contributed by atoms with E-state index in [0.29, 0.717) is 5.56 Å². The molecule has 38 heavy (non-hydrogen) atoms. The Bertz CT molecular complexity index is 903. The minimum Gasteiger partial charge on any atom is -0.456 e. The number of ether oxygens (including phenoxy) is 5. The number of amides is 1. The molecule has 7 N–H and O–H groups in total. The zero-order chi connectivity index (χ0) is 28.0. The standard InChI is InChI=1S/C24H35NO13/c1-11(2)21(31)38-20-13(8-26)37-23(34-10-14-16(27)18(29)19(30)22(32)36-14)15(17(20)28)25-24(33)35-9-12-6-4-3-5-7-12/h3-7,11,13-20,22-23,26-30,32H,8-10H2,1-2H3,(H,25,33)/t13-,14-,15-,16-,17-,18+,19-,20-,22+,23-/m1/s1. The molecule has 14 heteroatoms. The second-order valence-electron chi connectivity index (χ2n) is 9.37. The van der Waals surface area contributed by atoms with Crippen LogP contribution in [-0.2, 0) is 35.1 Å². The van der Waals surface area contributed by atoms with Crippen molar-refractivity contribution in [3.05, 3.63) is 35.9 Å². The summed E-state index contributed by atoms with van der Waals surface area (Å²) in [5, 5.41) is 62.8. The Hall–Kier alpha value is -2.40. The first-order valence-corrected chi connectivity index (χ1v) is 12.1. The molecule has 1 aromatic rings. The third-order valence-electron chi connectivity index (χ3n) is 6.19. The number of esters is 1. The Morgan fingerprint density at radius 1 is 0.947 bits per heavy atom. The molecule has 2 aliphatic heterocycles. The quantitative estimate of drug-likeness (QED) is 0.163. The van der Waals surface area contributed by atoms with Crippen LogP contribution in [-0.4, -0.2) is 117 Å². The van der Waals surface area contributed by atoms with E-state index in [1.807, 2.05) is 0 Å². The van der Waals surface area contributed by atoms with Crippen LogP contribution in [0.5, 0.6) is 0 Å². The first-order chi connectivity index (χ1) is 18.0. The van der Waals surface area contributed by atoms with Gasteiger partial charge in [0.05, 0.1) is 19.1 Å². The lowest BCUT2D eigenvalue weighted by Crippen LogP contribution is -2.66. The zero-order valence-electron chi connectivity index (χ0n) is 20.9. The van der Waals surface area contributed by atoms with E-state index in [9.17, 15) is 40.2 Å². The number of rotatable bonds is 9. The number of nitrogens with one attached hydrogen (secondary N) is 1. The van der Waals surface area contributed by atoms with Crippen LogP contribution in [0.1, 0.15) is 19.4 Å². The average molecular weight is 546 g/mol. The molecule has 2 aliphatic rings. The van der Waals surface area contributed by atoms with Crippen LogP contribution in [0.2, 0.25) is 0 Å². The highest BCUT2D eigenvalue weighted by Crippen LogP contribution is 2.27. The van der Waals surface area contributed by atoms with E-state index in [0.717, 1.165) is 0 Å². The van der Waals surface area contributed by atoms with Gasteiger partial charge >= 0.3 is 12.1 Å². The molecule has 2 heterocycles. The summed E-state index contributed by atoms with van der Waals surface area (Å²) >= 11 is 0. The predicted octanol–water partition coefficient (Wildman–Crippen LogP) is -2.26. The third-order valence-corrected chi connectivity index (χ3v) is 6.19. The molecule has 0 aliphatic carbocycles. The smallest absolute Gasteiger partial charge is 0.407 e. The lowest BCUT2D eigenvalue weighted by Gasteiger charge is -2.44. The molecule has 1 aromatic carbocycles. The predicted molar refractivity (Wildman–Crippen MR) is 125 cm³/mol. The van der Waals surface area contributed by atoms with Gasteiger partial charge in [0.25, 0.3) is 0 Å². The molecule has 0 saturated carbocycles. The van der Waals surface area contributed by atoms with Gasteiger partial charge in [-0.1, -0.05) is 44.2 Å². The maximum atomic E-state index is 12.6. The number of hydrogen-bond donors (Lipinski definition) is 7. The average Bonchev–Trinajstić information content (AvgIpc) is 2.90. The van der Waals surface area contributed by atoms with Gasteiger partial charge in [0, 0.05) is 0 Å². The van der Waals surface area contributed by atoms with E-state index < -0.39 is 92.5 Å². The van der Waals surface area contributed by atoms with Crippen molar-refractivity contribution in [1.82, 2.24) is 5.32 Å². The summed E-state index contributed by atoms with van der Waals surface area (Å²) in [6.45, 7) is 1.83. The van der Waals surface area contributed by atoms with E-state index in [1.54, 1.807) is 44.2 Å². The first kappa shape index (κ1) is 30.1. The Labute approximate surface area is 218 Å². The zero-order valence-corrected chi connectivity index (χ0v) is 20.9. The van der Waals surface area contributed by atoms with Crippen molar-refractivity contribution < 1.29 is 63.9 Å². The van der Waals surface area contributed by atoms with Crippen molar-refractivity contribution in [3.8, 4) is 0 Å². The summed E-state index contributed by atoms with van der Waals surface area (Å²) in [7, 11) is 0. The maximum absolute atomic E-state index is 12.6. The molecule has 214 valence electrons. The fourth-order valence-electron chi connectivity index (χ4n) is 3.94. The number of aliphatic hydroxyl groups is 6. The molecule has 0 aromatic heterocycles. The molecular weight excluding hydrogens is 510 g/mol.